The van der Waals surface area contributed by atoms with Crippen molar-refractivity contribution in [2.75, 3.05) is 32.1 Å². The summed E-state index contributed by atoms with van der Waals surface area (Å²) < 4.78 is 37.6. The van der Waals surface area contributed by atoms with Crippen molar-refractivity contribution in [3.8, 4) is 5.75 Å². The number of hydrogen-bond donors (Lipinski definition) is 3. The summed E-state index contributed by atoms with van der Waals surface area (Å²) in [6.07, 6.45) is 0. The maximum Gasteiger partial charge on any atom is 0.335 e. The molecule has 0 aliphatic carbocycles. The number of methoxy groups -OCH3 is 2. The standard InChI is InChI=1S/C11H16N2O6S/c1-18-6-5-12-20(16,17)13-9-7-8(11(14)15)3-4-10(9)19-2/h3-4,7,12-13H,5-6H2,1-2H3,(H,14,15). The van der Waals surface area contributed by atoms with Gasteiger partial charge in [-0.05, 0) is 18.2 Å². The smallest absolute Gasteiger partial charge is 0.335 e. The third-order valence-electron chi connectivity index (χ3n) is 2.29. The number of benzene rings is 1. The van der Waals surface area contributed by atoms with Crippen LogP contribution in [0.5, 0.6) is 5.75 Å². The molecule has 0 atom stereocenters. The summed E-state index contributed by atoms with van der Waals surface area (Å²) in [7, 11) is -1.04. The molecule has 0 saturated heterocycles. The Hall–Kier alpha value is -1.84. The minimum absolute atomic E-state index is 0.0392. The first-order chi connectivity index (χ1) is 9.39. The van der Waals surface area contributed by atoms with E-state index in [9.17, 15) is 13.2 Å². The van der Waals surface area contributed by atoms with E-state index in [2.05, 4.69) is 9.44 Å². The van der Waals surface area contributed by atoms with E-state index in [4.69, 9.17) is 14.6 Å². The van der Waals surface area contributed by atoms with Crippen LogP contribution in [0, 0.1) is 0 Å². The van der Waals surface area contributed by atoms with E-state index >= 15 is 0 Å². The molecule has 0 aromatic heterocycles. The molecule has 3 N–H and O–H groups in total. The van der Waals surface area contributed by atoms with E-state index in [1.165, 1.54) is 32.4 Å². The lowest BCUT2D eigenvalue weighted by atomic mass is 10.2. The lowest BCUT2D eigenvalue weighted by Crippen LogP contribution is -2.32. The number of rotatable bonds is 8. The first-order valence-electron chi connectivity index (χ1n) is 5.57. The van der Waals surface area contributed by atoms with Gasteiger partial charge in [-0.1, -0.05) is 0 Å². The summed E-state index contributed by atoms with van der Waals surface area (Å²) in [6.45, 7) is 0.306. The predicted octanol–water partition coefficient (Wildman–Crippen LogP) is 0.286. The molecule has 0 aliphatic heterocycles. The summed E-state index contributed by atoms with van der Waals surface area (Å²) in [5.74, 6) is -0.951. The summed E-state index contributed by atoms with van der Waals surface area (Å²) in [4.78, 5) is 10.9. The van der Waals surface area contributed by atoms with Crippen LogP contribution in [0.15, 0.2) is 18.2 Å². The molecule has 0 unspecified atom stereocenters. The van der Waals surface area contributed by atoms with Gasteiger partial charge >= 0.3 is 5.97 Å². The van der Waals surface area contributed by atoms with E-state index in [0.717, 1.165) is 0 Å². The van der Waals surface area contributed by atoms with Crippen LogP contribution < -0.4 is 14.2 Å². The fourth-order valence-electron chi connectivity index (χ4n) is 1.38. The van der Waals surface area contributed by atoms with E-state index in [1.807, 2.05) is 0 Å². The van der Waals surface area contributed by atoms with Crippen molar-refractivity contribution < 1.29 is 27.8 Å². The number of anilines is 1. The van der Waals surface area contributed by atoms with E-state index in [1.54, 1.807) is 0 Å². The van der Waals surface area contributed by atoms with E-state index < -0.39 is 16.2 Å². The minimum Gasteiger partial charge on any atom is -0.495 e. The molecule has 0 fully saturated rings. The van der Waals surface area contributed by atoms with Crippen LogP contribution in [-0.2, 0) is 14.9 Å². The van der Waals surface area contributed by atoms with Crippen LogP contribution >= 0.6 is 0 Å². The average molecular weight is 304 g/mol. The molecule has 8 nitrogen and oxygen atoms in total. The normalized spacial score (nSPS) is 11.1. The number of carbonyl (C=O) groups is 1. The number of hydrogen-bond acceptors (Lipinski definition) is 5. The highest BCUT2D eigenvalue weighted by atomic mass is 32.2. The third kappa shape index (κ3) is 4.68. The Kier molecular flexibility index (Phi) is 5.74. The largest absolute Gasteiger partial charge is 0.495 e. The molecule has 1 rings (SSSR count). The minimum atomic E-state index is -3.83. The average Bonchev–Trinajstić information content (AvgIpc) is 2.38. The Balaban J connectivity index is 2.94. The molecule has 0 spiro atoms. The second-order valence-electron chi connectivity index (χ2n) is 3.71. The van der Waals surface area contributed by atoms with Crippen LogP contribution in [0.2, 0.25) is 0 Å². The van der Waals surface area contributed by atoms with Gasteiger partial charge < -0.3 is 14.6 Å². The molecule has 0 heterocycles. The van der Waals surface area contributed by atoms with Gasteiger partial charge in [-0.25, -0.2) is 4.79 Å². The second-order valence-corrected chi connectivity index (χ2v) is 5.21. The zero-order chi connectivity index (χ0) is 15.2. The Bertz CT molecular complexity index is 572. The van der Waals surface area contributed by atoms with Gasteiger partial charge in [0.2, 0.25) is 0 Å². The highest BCUT2D eigenvalue weighted by Crippen LogP contribution is 2.26. The molecule has 1 aromatic rings. The molecule has 0 bridgehead atoms. The number of carboxylic acids is 1. The van der Waals surface area contributed by atoms with Crippen LogP contribution in [0.4, 0.5) is 5.69 Å². The zero-order valence-electron chi connectivity index (χ0n) is 11.0. The van der Waals surface area contributed by atoms with Crippen LogP contribution in [0.3, 0.4) is 0 Å². The fraction of sp³-hybridized carbons (Fsp3) is 0.364. The van der Waals surface area contributed by atoms with Crippen molar-refractivity contribution in [1.82, 2.24) is 4.72 Å². The number of ether oxygens (including phenoxy) is 2. The summed E-state index contributed by atoms with van der Waals surface area (Å²) in [6, 6.07) is 3.87. The molecule has 0 radical (unpaired) electrons. The monoisotopic (exact) mass is 304 g/mol. The topological polar surface area (TPSA) is 114 Å². The van der Waals surface area contributed by atoms with Gasteiger partial charge in [-0.3, -0.25) is 4.72 Å². The van der Waals surface area contributed by atoms with Crippen molar-refractivity contribution in [3.05, 3.63) is 23.8 Å². The molecule has 0 amide bonds. The quantitative estimate of drug-likeness (QED) is 0.595. The molecule has 112 valence electrons. The van der Waals surface area contributed by atoms with Gasteiger partial charge in [-0.2, -0.15) is 13.1 Å². The lowest BCUT2D eigenvalue weighted by molar-refractivity contribution is 0.0697. The number of nitrogens with one attached hydrogen (secondary N) is 2. The van der Waals surface area contributed by atoms with Crippen LogP contribution in [0.25, 0.3) is 0 Å². The third-order valence-corrected chi connectivity index (χ3v) is 3.36. The van der Waals surface area contributed by atoms with Crippen molar-refractivity contribution in [3.63, 3.8) is 0 Å². The second kappa shape index (κ2) is 7.08. The maximum absolute atomic E-state index is 11.7. The van der Waals surface area contributed by atoms with Crippen molar-refractivity contribution in [2.24, 2.45) is 0 Å². The Morgan fingerprint density at radius 1 is 1.35 bits per heavy atom. The molecule has 9 heteroatoms. The Morgan fingerprint density at radius 2 is 2.05 bits per heavy atom. The SMILES string of the molecule is COCCNS(=O)(=O)Nc1cc(C(=O)O)ccc1OC. The Morgan fingerprint density at radius 3 is 2.60 bits per heavy atom. The van der Waals surface area contributed by atoms with Gasteiger partial charge in [0.05, 0.1) is 25.0 Å². The molecule has 1 aromatic carbocycles. The molecular weight excluding hydrogens is 288 g/mol. The summed E-state index contributed by atoms with van der Waals surface area (Å²) in [5, 5.41) is 8.89. The van der Waals surface area contributed by atoms with Crippen LogP contribution in [-0.4, -0.2) is 46.9 Å². The van der Waals surface area contributed by atoms with Gasteiger partial charge in [0.1, 0.15) is 5.75 Å². The zero-order valence-corrected chi connectivity index (χ0v) is 11.9. The van der Waals surface area contributed by atoms with Crippen LogP contribution in [0.1, 0.15) is 10.4 Å². The maximum atomic E-state index is 11.7. The molecular formula is C11H16N2O6S. The van der Waals surface area contributed by atoms with Gasteiger partial charge in [0.25, 0.3) is 10.2 Å². The Labute approximate surface area is 116 Å². The van der Waals surface area contributed by atoms with E-state index in [-0.39, 0.29) is 30.2 Å². The van der Waals surface area contributed by atoms with Crippen molar-refractivity contribution in [1.29, 1.82) is 0 Å². The highest BCUT2D eigenvalue weighted by Gasteiger charge is 2.15. The first kappa shape index (κ1) is 16.2. The number of carboxylic acid groups (broad SMARTS) is 1. The highest BCUT2D eigenvalue weighted by molar-refractivity contribution is 7.90. The molecule has 20 heavy (non-hydrogen) atoms. The summed E-state index contributed by atoms with van der Waals surface area (Å²) >= 11 is 0. The van der Waals surface area contributed by atoms with Gasteiger partial charge in [0.15, 0.2) is 0 Å². The number of aromatic carboxylic acids is 1. The van der Waals surface area contributed by atoms with Gasteiger partial charge in [0, 0.05) is 13.7 Å². The summed E-state index contributed by atoms with van der Waals surface area (Å²) in [5.41, 5.74) is -0.0160. The molecule has 0 aliphatic rings. The van der Waals surface area contributed by atoms with E-state index in [0.29, 0.717) is 0 Å². The lowest BCUT2D eigenvalue weighted by Gasteiger charge is -2.13. The van der Waals surface area contributed by atoms with Gasteiger partial charge in [-0.15, -0.1) is 0 Å². The fourth-order valence-corrected chi connectivity index (χ4v) is 2.25. The van der Waals surface area contributed by atoms with Crippen molar-refractivity contribution in [2.45, 2.75) is 0 Å². The predicted molar refractivity (Wildman–Crippen MR) is 72.4 cm³/mol. The molecule has 0 saturated carbocycles. The van der Waals surface area contributed by atoms with Crippen molar-refractivity contribution >= 4 is 21.9 Å². The first-order valence-corrected chi connectivity index (χ1v) is 7.05.